The van der Waals surface area contributed by atoms with Gasteiger partial charge in [0.2, 0.25) is 0 Å². The molecule has 1 aliphatic heterocycles. The van der Waals surface area contributed by atoms with E-state index >= 15 is 0 Å². The molecule has 3 atom stereocenters. The molecular formula is C9H15ClO3. The van der Waals surface area contributed by atoms with Crippen LogP contribution in [0.2, 0.25) is 0 Å². The first-order chi connectivity index (χ1) is 6.09. The summed E-state index contributed by atoms with van der Waals surface area (Å²) in [7, 11) is 0. The molecule has 0 spiro atoms. The van der Waals surface area contributed by atoms with Gasteiger partial charge in [-0.3, -0.25) is 4.79 Å². The van der Waals surface area contributed by atoms with Crippen molar-refractivity contribution in [3.8, 4) is 0 Å². The van der Waals surface area contributed by atoms with Gasteiger partial charge in [-0.15, -0.1) is 11.6 Å². The highest BCUT2D eigenvalue weighted by atomic mass is 35.5. The van der Waals surface area contributed by atoms with E-state index in [0.29, 0.717) is 6.42 Å². The lowest BCUT2D eigenvalue weighted by Crippen LogP contribution is -2.21. The predicted octanol–water partition coefficient (Wildman–Crippen LogP) is 2.03. The van der Waals surface area contributed by atoms with E-state index in [0.717, 1.165) is 12.8 Å². The Kier molecular flexibility index (Phi) is 4.00. The number of alkyl halides is 1. The molecule has 1 heterocycles. The maximum atomic E-state index is 10.3. The zero-order chi connectivity index (χ0) is 9.84. The fourth-order valence-corrected chi connectivity index (χ4v) is 1.84. The standard InChI is InChI=1S/C9H15ClO3/c1-6-2-4-8(13-6)7(10)3-5-9(11)12/h6-8H,2-5H2,1H3,(H,11,12). The third kappa shape index (κ3) is 3.53. The summed E-state index contributed by atoms with van der Waals surface area (Å²) in [4.78, 5) is 10.3. The van der Waals surface area contributed by atoms with Crippen LogP contribution in [0.1, 0.15) is 32.6 Å². The predicted molar refractivity (Wildman–Crippen MR) is 50.1 cm³/mol. The Morgan fingerprint density at radius 2 is 2.38 bits per heavy atom. The Hall–Kier alpha value is -0.280. The molecule has 0 aromatic rings. The smallest absolute Gasteiger partial charge is 0.303 e. The first-order valence-electron chi connectivity index (χ1n) is 4.61. The van der Waals surface area contributed by atoms with Crippen molar-refractivity contribution in [3.05, 3.63) is 0 Å². The second kappa shape index (κ2) is 4.82. The molecule has 0 aromatic carbocycles. The van der Waals surface area contributed by atoms with Crippen LogP contribution >= 0.6 is 11.6 Å². The van der Waals surface area contributed by atoms with E-state index in [1.54, 1.807) is 0 Å². The monoisotopic (exact) mass is 206 g/mol. The summed E-state index contributed by atoms with van der Waals surface area (Å²) >= 11 is 6.01. The molecule has 3 nitrogen and oxygen atoms in total. The van der Waals surface area contributed by atoms with Crippen LogP contribution in [-0.2, 0) is 9.53 Å². The molecule has 13 heavy (non-hydrogen) atoms. The van der Waals surface area contributed by atoms with Gasteiger partial charge in [0.15, 0.2) is 0 Å². The van der Waals surface area contributed by atoms with Gasteiger partial charge in [0.25, 0.3) is 0 Å². The molecule has 3 unspecified atom stereocenters. The molecule has 4 heteroatoms. The molecule has 1 fully saturated rings. The minimum Gasteiger partial charge on any atom is -0.481 e. The van der Waals surface area contributed by atoms with E-state index in [1.807, 2.05) is 6.92 Å². The van der Waals surface area contributed by atoms with E-state index in [2.05, 4.69) is 0 Å². The number of hydrogen-bond acceptors (Lipinski definition) is 2. The number of carboxylic acid groups (broad SMARTS) is 1. The van der Waals surface area contributed by atoms with Crippen LogP contribution in [0.25, 0.3) is 0 Å². The molecule has 0 radical (unpaired) electrons. The SMILES string of the molecule is CC1CCC(C(Cl)CCC(=O)O)O1. The number of hydrogen-bond donors (Lipinski definition) is 1. The maximum Gasteiger partial charge on any atom is 0.303 e. The van der Waals surface area contributed by atoms with Crippen LogP contribution in [-0.4, -0.2) is 28.7 Å². The lowest BCUT2D eigenvalue weighted by molar-refractivity contribution is -0.137. The van der Waals surface area contributed by atoms with Crippen molar-refractivity contribution < 1.29 is 14.6 Å². The molecule has 1 saturated heterocycles. The van der Waals surface area contributed by atoms with E-state index in [-0.39, 0.29) is 24.0 Å². The average Bonchev–Trinajstić information content (AvgIpc) is 2.47. The molecule has 1 aliphatic rings. The summed E-state index contributed by atoms with van der Waals surface area (Å²) in [5, 5.41) is 8.31. The number of halogens is 1. The molecule has 1 N–H and O–H groups in total. The summed E-state index contributed by atoms with van der Waals surface area (Å²) in [6.45, 7) is 2.01. The van der Waals surface area contributed by atoms with Crippen molar-refractivity contribution in [2.45, 2.75) is 50.2 Å². The minimum atomic E-state index is -0.795. The van der Waals surface area contributed by atoms with Crippen molar-refractivity contribution in [2.75, 3.05) is 0 Å². The molecule has 0 bridgehead atoms. The van der Waals surface area contributed by atoms with Crippen molar-refractivity contribution in [1.82, 2.24) is 0 Å². The second-order valence-electron chi connectivity index (χ2n) is 3.51. The summed E-state index contributed by atoms with van der Waals surface area (Å²) in [5.41, 5.74) is 0. The topological polar surface area (TPSA) is 46.5 Å². The normalized spacial score (nSPS) is 30.3. The number of aliphatic carboxylic acids is 1. The quantitative estimate of drug-likeness (QED) is 0.716. The maximum absolute atomic E-state index is 10.3. The summed E-state index contributed by atoms with van der Waals surface area (Å²) in [5.74, 6) is -0.795. The van der Waals surface area contributed by atoms with Gasteiger partial charge in [0.1, 0.15) is 0 Å². The van der Waals surface area contributed by atoms with Crippen LogP contribution in [0.4, 0.5) is 0 Å². The van der Waals surface area contributed by atoms with Crippen LogP contribution in [0, 0.1) is 0 Å². The van der Waals surface area contributed by atoms with Crippen LogP contribution in [0.15, 0.2) is 0 Å². The van der Waals surface area contributed by atoms with Crippen molar-refractivity contribution in [1.29, 1.82) is 0 Å². The van der Waals surface area contributed by atoms with Gasteiger partial charge in [0, 0.05) is 6.42 Å². The summed E-state index contributed by atoms with van der Waals surface area (Å²) in [6, 6.07) is 0. The molecule has 0 saturated carbocycles. The van der Waals surface area contributed by atoms with Crippen molar-refractivity contribution in [3.63, 3.8) is 0 Å². The van der Waals surface area contributed by atoms with Crippen LogP contribution < -0.4 is 0 Å². The van der Waals surface area contributed by atoms with E-state index in [9.17, 15) is 4.79 Å². The fourth-order valence-electron chi connectivity index (χ4n) is 1.55. The van der Waals surface area contributed by atoms with Crippen LogP contribution in [0.5, 0.6) is 0 Å². The molecular weight excluding hydrogens is 192 g/mol. The Morgan fingerprint density at radius 1 is 1.69 bits per heavy atom. The van der Waals surface area contributed by atoms with Gasteiger partial charge in [-0.2, -0.15) is 0 Å². The van der Waals surface area contributed by atoms with Crippen molar-refractivity contribution >= 4 is 17.6 Å². The zero-order valence-corrected chi connectivity index (χ0v) is 8.46. The number of rotatable bonds is 4. The first kappa shape index (κ1) is 10.8. The van der Waals surface area contributed by atoms with Crippen LogP contribution in [0.3, 0.4) is 0 Å². The van der Waals surface area contributed by atoms with Gasteiger partial charge in [-0.05, 0) is 26.2 Å². The van der Waals surface area contributed by atoms with Gasteiger partial charge >= 0.3 is 5.97 Å². The van der Waals surface area contributed by atoms with Gasteiger partial charge in [0.05, 0.1) is 17.6 Å². The summed E-state index contributed by atoms with van der Waals surface area (Å²) in [6.07, 6.45) is 2.93. The Balaban J connectivity index is 2.23. The third-order valence-electron chi connectivity index (χ3n) is 2.30. The Bertz CT molecular complexity index is 184. The molecule has 76 valence electrons. The highest BCUT2D eigenvalue weighted by Crippen LogP contribution is 2.26. The zero-order valence-electron chi connectivity index (χ0n) is 7.70. The van der Waals surface area contributed by atoms with Gasteiger partial charge in [-0.1, -0.05) is 0 Å². The summed E-state index contributed by atoms with van der Waals surface area (Å²) < 4.78 is 5.53. The molecule has 0 amide bonds. The van der Waals surface area contributed by atoms with Crippen molar-refractivity contribution in [2.24, 2.45) is 0 Å². The lowest BCUT2D eigenvalue weighted by atomic mass is 10.1. The average molecular weight is 207 g/mol. The first-order valence-corrected chi connectivity index (χ1v) is 5.04. The minimum absolute atomic E-state index is 0.0519. The van der Waals surface area contributed by atoms with E-state index < -0.39 is 5.97 Å². The fraction of sp³-hybridized carbons (Fsp3) is 0.889. The van der Waals surface area contributed by atoms with E-state index in [1.165, 1.54) is 0 Å². The van der Waals surface area contributed by atoms with Gasteiger partial charge in [-0.25, -0.2) is 0 Å². The highest BCUT2D eigenvalue weighted by Gasteiger charge is 2.28. The van der Waals surface area contributed by atoms with E-state index in [4.69, 9.17) is 21.4 Å². The molecule has 1 rings (SSSR count). The molecule has 0 aliphatic carbocycles. The number of carbonyl (C=O) groups is 1. The highest BCUT2D eigenvalue weighted by molar-refractivity contribution is 6.21. The third-order valence-corrected chi connectivity index (χ3v) is 2.80. The number of carboxylic acids is 1. The largest absolute Gasteiger partial charge is 0.481 e. The Labute approximate surface area is 83.0 Å². The second-order valence-corrected chi connectivity index (χ2v) is 4.07. The number of ether oxygens (including phenoxy) is 1. The lowest BCUT2D eigenvalue weighted by Gasteiger charge is -2.16. The van der Waals surface area contributed by atoms with Gasteiger partial charge < -0.3 is 9.84 Å². The molecule has 0 aromatic heterocycles. The Morgan fingerprint density at radius 3 is 2.85 bits per heavy atom.